The highest BCUT2D eigenvalue weighted by molar-refractivity contribution is 5.79. The van der Waals surface area contributed by atoms with Gasteiger partial charge in [0.15, 0.2) is 5.96 Å². The maximum Gasteiger partial charge on any atom is 0.408 e. The summed E-state index contributed by atoms with van der Waals surface area (Å²) in [7, 11) is 1.68. The van der Waals surface area contributed by atoms with Crippen LogP contribution in [-0.2, 0) is 11.3 Å². The van der Waals surface area contributed by atoms with Crippen molar-refractivity contribution in [3.05, 3.63) is 35.4 Å². The van der Waals surface area contributed by atoms with E-state index in [1.54, 1.807) is 13.1 Å². The van der Waals surface area contributed by atoms with E-state index in [0.29, 0.717) is 24.6 Å². The predicted octanol–water partition coefficient (Wildman–Crippen LogP) is 2.53. The number of benzene rings is 1. The zero-order valence-electron chi connectivity index (χ0n) is 16.4. The molecular weight excluding hydrogens is 330 g/mol. The molecule has 1 rings (SSSR count). The summed E-state index contributed by atoms with van der Waals surface area (Å²) in [6.45, 7) is 10.3. The molecule has 0 aliphatic heterocycles. The first-order valence-electron chi connectivity index (χ1n) is 8.49. The van der Waals surface area contributed by atoms with Gasteiger partial charge in [-0.3, -0.25) is 4.99 Å². The van der Waals surface area contributed by atoms with E-state index >= 15 is 0 Å². The smallest absolute Gasteiger partial charge is 0.408 e. The molecule has 1 amide bonds. The van der Waals surface area contributed by atoms with Crippen molar-refractivity contribution in [3.63, 3.8) is 0 Å². The van der Waals surface area contributed by atoms with Gasteiger partial charge >= 0.3 is 6.09 Å². The van der Waals surface area contributed by atoms with Crippen LogP contribution in [0.5, 0.6) is 0 Å². The number of nitrogens with zero attached hydrogens (tertiary/aromatic N) is 2. The summed E-state index contributed by atoms with van der Waals surface area (Å²) in [5, 5.41) is 18.2. The molecule has 0 aromatic heterocycles. The van der Waals surface area contributed by atoms with Crippen LogP contribution in [0, 0.1) is 11.3 Å². The van der Waals surface area contributed by atoms with Crippen molar-refractivity contribution in [2.24, 2.45) is 4.99 Å². The Bertz CT molecular complexity index is 684. The predicted molar refractivity (Wildman–Crippen MR) is 103 cm³/mol. The van der Waals surface area contributed by atoms with Crippen molar-refractivity contribution in [2.45, 2.75) is 52.3 Å². The third-order valence-corrected chi connectivity index (χ3v) is 3.28. The van der Waals surface area contributed by atoms with Gasteiger partial charge in [0, 0.05) is 20.1 Å². The Morgan fingerprint density at radius 1 is 1.23 bits per heavy atom. The molecule has 1 aromatic rings. The molecule has 0 heterocycles. The molecule has 26 heavy (non-hydrogen) atoms. The normalized spacial score (nSPS) is 12.1. The van der Waals surface area contributed by atoms with E-state index in [-0.39, 0.29) is 0 Å². The lowest BCUT2D eigenvalue weighted by molar-refractivity contribution is 0.0474. The fourth-order valence-electron chi connectivity index (χ4n) is 2.09. The topological polar surface area (TPSA) is 98.5 Å². The first-order valence-corrected chi connectivity index (χ1v) is 8.49. The van der Waals surface area contributed by atoms with Crippen LogP contribution in [0.15, 0.2) is 29.3 Å². The van der Waals surface area contributed by atoms with Crippen LogP contribution in [0.25, 0.3) is 0 Å². The Labute approximate surface area is 155 Å². The zero-order valence-corrected chi connectivity index (χ0v) is 16.4. The number of alkyl carbamates (subject to hydrolysis) is 1. The van der Waals surface area contributed by atoms with E-state index in [2.05, 4.69) is 27.0 Å². The largest absolute Gasteiger partial charge is 0.444 e. The summed E-state index contributed by atoms with van der Waals surface area (Å²) in [4.78, 5) is 16.1. The van der Waals surface area contributed by atoms with Crippen molar-refractivity contribution in [3.8, 4) is 6.07 Å². The Morgan fingerprint density at radius 3 is 2.50 bits per heavy atom. The number of rotatable bonds is 5. The van der Waals surface area contributed by atoms with Crippen LogP contribution < -0.4 is 16.0 Å². The van der Waals surface area contributed by atoms with Crippen LogP contribution >= 0.6 is 0 Å². The molecule has 0 saturated carbocycles. The average molecular weight is 359 g/mol. The number of hydrogen-bond donors (Lipinski definition) is 3. The molecular formula is C19H29N5O2. The van der Waals surface area contributed by atoms with Crippen LogP contribution in [0.4, 0.5) is 4.79 Å². The van der Waals surface area contributed by atoms with Crippen molar-refractivity contribution in [1.82, 2.24) is 16.0 Å². The lowest BCUT2D eigenvalue weighted by Gasteiger charge is -2.29. The van der Waals surface area contributed by atoms with Gasteiger partial charge < -0.3 is 20.7 Å². The molecule has 0 atom stereocenters. The highest BCUT2D eigenvalue weighted by atomic mass is 16.6. The minimum Gasteiger partial charge on any atom is -0.444 e. The summed E-state index contributed by atoms with van der Waals surface area (Å²) >= 11 is 0. The third kappa shape index (κ3) is 8.38. The van der Waals surface area contributed by atoms with E-state index < -0.39 is 17.2 Å². The Morgan fingerprint density at radius 2 is 1.92 bits per heavy atom. The Kier molecular flexibility index (Phi) is 7.44. The monoisotopic (exact) mass is 359 g/mol. The minimum absolute atomic E-state index is 0.458. The summed E-state index contributed by atoms with van der Waals surface area (Å²) in [5.41, 5.74) is 0.539. The molecule has 3 N–H and O–H groups in total. The van der Waals surface area contributed by atoms with Crippen molar-refractivity contribution >= 4 is 12.1 Å². The maximum atomic E-state index is 11.9. The summed E-state index contributed by atoms with van der Waals surface area (Å²) in [6.07, 6.45) is -0.458. The van der Waals surface area contributed by atoms with E-state index in [0.717, 1.165) is 5.56 Å². The second kappa shape index (κ2) is 9.09. The fourth-order valence-corrected chi connectivity index (χ4v) is 2.09. The van der Waals surface area contributed by atoms with Gasteiger partial charge in [-0.2, -0.15) is 5.26 Å². The van der Waals surface area contributed by atoms with E-state index in [1.807, 2.05) is 52.8 Å². The molecule has 7 nitrogen and oxygen atoms in total. The second-order valence-electron chi connectivity index (χ2n) is 7.60. The third-order valence-electron chi connectivity index (χ3n) is 3.28. The molecule has 1 aromatic carbocycles. The SMILES string of the molecule is CN=C(NCc1cccc(C#N)c1)NCC(C)(C)NC(=O)OC(C)(C)C. The van der Waals surface area contributed by atoms with E-state index in [4.69, 9.17) is 10.00 Å². The van der Waals surface area contributed by atoms with Crippen LogP contribution in [0.2, 0.25) is 0 Å². The van der Waals surface area contributed by atoms with E-state index in [9.17, 15) is 4.79 Å². The van der Waals surface area contributed by atoms with Gasteiger partial charge in [0.25, 0.3) is 0 Å². The van der Waals surface area contributed by atoms with Gasteiger partial charge in [0.1, 0.15) is 5.60 Å². The Hall–Kier alpha value is -2.75. The number of nitriles is 1. The molecule has 0 fully saturated rings. The quantitative estimate of drug-likeness (QED) is 0.554. The average Bonchev–Trinajstić information content (AvgIpc) is 2.52. The minimum atomic E-state index is -0.539. The summed E-state index contributed by atoms with van der Waals surface area (Å²) in [5.74, 6) is 0.603. The van der Waals surface area contributed by atoms with Crippen molar-refractivity contribution < 1.29 is 9.53 Å². The highest BCUT2D eigenvalue weighted by Gasteiger charge is 2.24. The molecule has 142 valence electrons. The highest BCUT2D eigenvalue weighted by Crippen LogP contribution is 2.09. The van der Waals surface area contributed by atoms with Gasteiger partial charge in [0.2, 0.25) is 0 Å². The van der Waals surface area contributed by atoms with Crippen molar-refractivity contribution in [1.29, 1.82) is 5.26 Å². The number of nitrogens with one attached hydrogen (secondary N) is 3. The number of ether oxygens (including phenoxy) is 1. The lowest BCUT2D eigenvalue weighted by Crippen LogP contribution is -2.54. The van der Waals surface area contributed by atoms with Gasteiger partial charge in [-0.25, -0.2) is 4.79 Å². The van der Waals surface area contributed by atoms with Gasteiger partial charge in [-0.1, -0.05) is 12.1 Å². The lowest BCUT2D eigenvalue weighted by atomic mass is 10.1. The summed E-state index contributed by atoms with van der Waals surface area (Å²) < 4.78 is 5.28. The zero-order chi connectivity index (χ0) is 19.8. The molecule has 7 heteroatoms. The number of hydrogen-bond acceptors (Lipinski definition) is 4. The number of aliphatic imine (C=N–C) groups is 1. The van der Waals surface area contributed by atoms with Crippen LogP contribution in [-0.4, -0.2) is 36.8 Å². The molecule has 0 saturated heterocycles. The van der Waals surface area contributed by atoms with Crippen LogP contribution in [0.1, 0.15) is 45.7 Å². The molecule has 0 spiro atoms. The molecule has 0 aliphatic carbocycles. The molecule has 0 bridgehead atoms. The number of guanidine groups is 1. The second-order valence-corrected chi connectivity index (χ2v) is 7.60. The van der Waals surface area contributed by atoms with Gasteiger partial charge in [0.05, 0.1) is 17.2 Å². The van der Waals surface area contributed by atoms with Gasteiger partial charge in [-0.05, 0) is 52.3 Å². The number of carbonyl (C=O) groups excluding carboxylic acids is 1. The molecule has 0 radical (unpaired) electrons. The van der Waals surface area contributed by atoms with E-state index in [1.165, 1.54) is 0 Å². The Balaban J connectivity index is 2.52. The standard InChI is InChI=1S/C19H29N5O2/c1-18(2,3)26-17(25)24-19(4,5)13-23-16(21-6)22-12-15-9-7-8-14(10-15)11-20/h7-10H,12-13H2,1-6H3,(H,24,25)(H2,21,22,23). The molecule has 0 unspecified atom stereocenters. The number of carbonyl (C=O) groups is 1. The van der Waals surface area contributed by atoms with Crippen LogP contribution in [0.3, 0.4) is 0 Å². The number of amides is 1. The first kappa shape index (κ1) is 21.3. The maximum absolute atomic E-state index is 11.9. The van der Waals surface area contributed by atoms with Crippen molar-refractivity contribution in [2.75, 3.05) is 13.6 Å². The first-order chi connectivity index (χ1) is 12.0. The van der Waals surface area contributed by atoms with Gasteiger partial charge in [-0.15, -0.1) is 0 Å². The summed E-state index contributed by atoms with van der Waals surface area (Å²) in [6, 6.07) is 9.50. The molecule has 0 aliphatic rings. The fraction of sp³-hybridized carbons (Fsp3) is 0.526.